The lowest BCUT2D eigenvalue weighted by atomic mass is 10.1. The molecule has 3 rings (SSSR count). The van der Waals surface area contributed by atoms with Gasteiger partial charge in [-0.1, -0.05) is 53.7 Å². The number of halogens is 2. The fourth-order valence-electron chi connectivity index (χ4n) is 2.65. The number of nitrogens with zero attached hydrogens (tertiary/aromatic N) is 2. The summed E-state index contributed by atoms with van der Waals surface area (Å²) < 4.78 is 10.9. The Morgan fingerprint density at radius 3 is 2.77 bits per heavy atom. The third-order valence-corrected chi connectivity index (χ3v) is 5.89. The van der Waals surface area contributed by atoms with Gasteiger partial charge in [0.05, 0.1) is 28.6 Å². The van der Waals surface area contributed by atoms with E-state index in [9.17, 15) is 4.79 Å². The van der Waals surface area contributed by atoms with Crippen molar-refractivity contribution >= 4 is 52.3 Å². The van der Waals surface area contributed by atoms with Crippen LogP contribution in [-0.2, 0) is 11.2 Å². The molecule has 0 aromatic heterocycles. The number of carbonyl (C=O) groups is 1. The summed E-state index contributed by atoms with van der Waals surface area (Å²) in [5.74, 6) is 1.08. The number of amidine groups is 1. The van der Waals surface area contributed by atoms with Gasteiger partial charge in [-0.2, -0.15) is 5.10 Å². The number of carbonyl (C=O) groups excluding carboxylic acids is 1. The average molecular weight is 464 g/mol. The van der Waals surface area contributed by atoms with E-state index in [-0.39, 0.29) is 11.2 Å². The van der Waals surface area contributed by atoms with E-state index in [0.29, 0.717) is 39.7 Å². The molecular weight excluding hydrogens is 445 g/mol. The van der Waals surface area contributed by atoms with E-state index in [1.807, 2.05) is 12.1 Å². The maximum atomic E-state index is 12.2. The van der Waals surface area contributed by atoms with Crippen LogP contribution in [0, 0.1) is 0 Å². The van der Waals surface area contributed by atoms with E-state index in [1.165, 1.54) is 11.8 Å². The monoisotopic (exact) mass is 463 g/mol. The van der Waals surface area contributed by atoms with E-state index in [0.717, 1.165) is 11.1 Å². The maximum absolute atomic E-state index is 12.2. The lowest BCUT2D eigenvalue weighted by molar-refractivity contribution is -0.118. The number of hydrogen-bond acceptors (Lipinski definition) is 6. The van der Waals surface area contributed by atoms with Crippen molar-refractivity contribution in [2.45, 2.75) is 11.7 Å². The SMILES string of the molecule is C=CCOc1ccc(/C=N/N=C2\NC(=O)C(Cc3ccc(Cl)c(Cl)c3)S2)cc1OC. The molecule has 1 fully saturated rings. The molecule has 2 aromatic rings. The number of ether oxygens (including phenoxy) is 2. The number of hydrogen-bond donors (Lipinski definition) is 1. The summed E-state index contributed by atoms with van der Waals surface area (Å²) in [5, 5.41) is 12.0. The lowest BCUT2D eigenvalue weighted by Crippen LogP contribution is -2.25. The molecular formula is C21H19Cl2N3O3S. The highest BCUT2D eigenvalue weighted by molar-refractivity contribution is 8.15. The standard InChI is InChI=1S/C21H19Cl2N3O3S/c1-3-8-29-17-7-5-14(10-18(17)28-2)12-24-26-21-25-20(27)19(30-21)11-13-4-6-15(22)16(23)9-13/h3-7,9-10,12,19H,1,8,11H2,2H3,(H,25,26,27)/b24-12+. The van der Waals surface area contributed by atoms with Gasteiger partial charge in [-0.3, -0.25) is 4.79 Å². The van der Waals surface area contributed by atoms with Gasteiger partial charge in [-0.15, -0.1) is 5.10 Å². The van der Waals surface area contributed by atoms with Crippen molar-refractivity contribution in [3.63, 3.8) is 0 Å². The van der Waals surface area contributed by atoms with Crippen molar-refractivity contribution in [3.8, 4) is 11.5 Å². The van der Waals surface area contributed by atoms with Gasteiger partial charge >= 0.3 is 0 Å². The van der Waals surface area contributed by atoms with E-state index in [2.05, 4.69) is 22.1 Å². The summed E-state index contributed by atoms with van der Waals surface area (Å²) >= 11 is 13.3. The molecule has 156 valence electrons. The molecule has 0 bridgehead atoms. The normalized spacial score (nSPS) is 17.4. The summed E-state index contributed by atoms with van der Waals surface area (Å²) in [6.07, 6.45) is 3.75. The first kappa shape index (κ1) is 22.2. The summed E-state index contributed by atoms with van der Waals surface area (Å²) in [7, 11) is 1.57. The van der Waals surface area contributed by atoms with Crippen LogP contribution < -0.4 is 14.8 Å². The van der Waals surface area contributed by atoms with Gasteiger partial charge in [0.25, 0.3) is 0 Å². The lowest BCUT2D eigenvalue weighted by Gasteiger charge is -2.09. The molecule has 30 heavy (non-hydrogen) atoms. The Labute approximate surface area is 189 Å². The van der Waals surface area contributed by atoms with Crippen molar-refractivity contribution in [3.05, 3.63) is 70.2 Å². The van der Waals surface area contributed by atoms with Crippen LogP contribution in [0.1, 0.15) is 11.1 Å². The molecule has 9 heteroatoms. The molecule has 1 unspecified atom stereocenters. The number of methoxy groups -OCH3 is 1. The topological polar surface area (TPSA) is 72.3 Å². The van der Waals surface area contributed by atoms with Crippen LogP contribution in [0.25, 0.3) is 0 Å². The van der Waals surface area contributed by atoms with Gasteiger partial charge in [-0.25, -0.2) is 0 Å². The quantitative estimate of drug-likeness (QED) is 0.348. The molecule has 0 aliphatic carbocycles. The molecule has 1 aliphatic rings. The van der Waals surface area contributed by atoms with Gasteiger partial charge in [-0.05, 0) is 47.9 Å². The van der Waals surface area contributed by atoms with Gasteiger partial charge in [0.1, 0.15) is 6.61 Å². The van der Waals surface area contributed by atoms with Crippen molar-refractivity contribution in [1.29, 1.82) is 0 Å². The highest BCUT2D eigenvalue weighted by Crippen LogP contribution is 2.29. The number of benzene rings is 2. The van der Waals surface area contributed by atoms with Crippen LogP contribution in [0.15, 0.2) is 59.3 Å². The molecule has 6 nitrogen and oxygen atoms in total. The van der Waals surface area contributed by atoms with Gasteiger partial charge < -0.3 is 14.8 Å². The minimum Gasteiger partial charge on any atom is -0.493 e. The predicted molar refractivity (Wildman–Crippen MR) is 123 cm³/mol. The molecule has 1 N–H and O–H groups in total. The zero-order valence-corrected chi connectivity index (χ0v) is 18.4. The second-order valence-corrected chi connectivity index (χ2v) is 8.21. The Morgan fingerprint density at radius 2 is 2.03 bits per heavy atom. The number of amides is 1. The highest BCUT2D eigenvalue weighted by atomic mass is 35.5. The number of nitrogens with one attached hydrogen (secondary N) is 1. The van der Waals surface area contributed by atoms with Crippen LogP contribution in [0.5, 0.6) is 11.5 Å². The van der Waals surface area contributed by atoms with Crippen molar-refractivity contribution in [1.82, 2.24) is 5.32 Å². The fraction of sp³-hybridized carbons (Fsp3) is 0.190. The first-order chi connectivity index (χ1) is 14.5. The van der Waals surface area contributed by atoms with E-state index < -0.39 is 0 Å². The summed E-state index contributed by atoms with van der Waals surface area (Å²) in [4.78, 5) is 12.2. The maximum Gasteiger partial charge on any atom is 0.239 e. The summed E-state index contributed by atoms with van der Waals surface area (Å²) in [6.45, 7) is 4.01. The van der Waals surface area contributed by atoms with Crippen molar-refractivity contribution < 1.29 is 14.3 Å². The minimum absolute atomic E-state index is 0.120. The van der Waals surface area contributed by atoms with E-state index >= 15 is 0 Å². The minimum atomic E-state index is -0.308. The first-order valence-corrected chi connectivity index (χ1v) is 10.6. The predicted octanol–water partition coefficient (Wildman–Crippen LogP) is 4.73. The van der Waals surface area contributed by atoms with Crippen LogP contribution in [0.3, 0.4) is 0 Å². The summed E-state index contributed by atoms with van der Waals surface area (Å²) in [5.41, 5.74) is 1.71. The first-order valence-electron chi connectivity index (χ1n) is 8.94. The third kappa shape index (κ3) is 5.78. The Kier molecular flexibility index (Phi) is 7.79. The second-order valence-electron chi connectivity index (χ2n) is 6.21. The van der Waals surface area contributed by atoms with Crippen LogP contribution in [-0.4, -0.2) is 36.3 Å². The average Bonchev–Trinajstić information content (AvgIpc) is 3.08. The Bertz CT molecular complexity index is 1010. The van der Waals surface area contributed by atoms with Crippen molar-refractivity contribution in [2.24, 2.45) is 10.2 Å². The smallest absolute Gasteiger partial charge is 0.239 e. The van der Waals surface area contributed by atoms with Gasteiger partial charge in [0, 0.05) is 0 Å². The molecule has 2 aromatic carbocycles. The zero-order chi connectivity index (χ0) is 21.5. The van der Waals surface area contributed by atoms with Crippen LogP contribution in [0.4, 0.5) is 0 Å². The molecule has 0 saturated carbocycles. The Hall–Kier alpha value is -2.48. The highest BCUT2D eigenvalue weighted by Gasteiger charge is 2.30. The third-order valence-electron chi connectivity index (χ3n) is 4.08. The number of rotatable bonds is 8. The van der Waals surface area contributed by atoms with Crippen LogP contribution >= 0.6 is 35.0 Å². The van der Waals surface area contributed by atoms with Gasteiger partial charge in [0.2, 0.25) is 5.91 Å². The van der Waals surface area contributed by atoms with Gasteiger partial charge in [0.15, 0.2) is 16.7 Å². The van der Waals surface area contributed by atoms with Crippen molar-refractivity contribution in [2.75, 3.05) is 13.7 Å². The zero-order valence-electron chi connectivity index (χ0n) is 16.1. The Morgan fingerprint density at radius 1 is 1.20 bits per heavy atom. The Balaban J connectivity index is 1.63. The molecule has 1 amide bonds. The summed E-state index contributed by atoms with van der Waals surface area (Å²) in [6, 6.07) is 10.7. The molecule has 0 radical (unpaired) electrons. The molecule has 1 aliphatic heterocycles. The molecule has 1 atom stereocenters. The molecule has 1 heterocycles. The van der Waals surface area contributed by atoms with Crippen LogP contribution in [0.2, 0.25) is 10.0 Å². The fourth-order valence-corrected chi connectivity index (χ4v) is 3.93. The molecule has 1 saturated heterocycles. The number of thioether (sulfide) groups is 1. The molecule has 0 spiro atoms. The second kappa shape index (κ2) is 10.5. The van der Waals surface area contributed by atoms with E-state index in [4.69, 9.17) is 32.7 Å². The largest absolute Gasteiger partial charge is 0.493 e. The van der Waals surface area contributed by atoms with E-state index in [1.54, 1.807) is 43.7 Å².